The molecule has 4 heterocycles. The van der Waals surface area contributed by atoms with Crippen molar-refractivity contribution in [1.82, 2.24) is 19.8 Å². The van der Waals surface area contributed by atoms with Crippen LogP contribution >= 0.6 is 0 Å². The molecule has 164 valence electrons. The van der Waals surface area contributed by atoms with E-state index in [1.165, 1.54) is 0 Å². The summed E-state index contributed by atoms with van der Waals surface area (Å²) in [6.45, 7) is 3.23. The standard InChI is InChI=1S/C22H28N6O3/c1-26(2)8-4-5-20(29)27-9-10-28-16(13-27)14-31-19-11-15(12-24-22(19)28)17-6-7-18(30-3)21(23)25-17/h4-7,11-12,16H,8-10,13-14H2,1-3H3,(H2,23,25)/b5-4+/t16-/m0/s1. The number of fused-ring (bicyclic) bond motifs is 3. The minimum Gasteiger partial charge on any atom is -0.493 e. The number of nitrogens with two attached hydrogens (primary N) is 1. The van der Waals surface area contributed by atoms with Crippen LogP contribution in [0.2, 0.25) is 0 Å². The molecule has 4 rings (SSSR count). The largest absolute Gasteiger partial charge is 0.493 e. The predicted molar refractivity (Wildman–Crippen MR) is 119 cm³/mol. The summed E-state index contributed by atoms with van der Waals surface area (Å²) in [6, 6.07) is 5.66. The molecule has 1 saturated heterocycles. The number of piperazine rings is 1. The van der Waals surface area contributed by atoms with E-state index < -0.39 is 0 Å². The number of carbonyl (C=O) groups is 1. The van der Waals surface area contributed by atoms with Crippen LogP contribution in [-0.4, -0.2) is 85.7 Å². The third-order valence-corrected chi connectivity index (χ3v) is 5.46. The van der Waals surface area contributed by atoms with E-state index in [0.29, 0.717) is 43.5 Å². The summed E-state index contributed by atoms with van der Waals surface area (Å²) in [4.78, 5) is 27.7. The van der Waals surface area contributed by atoms with Gasteiger partial charge in [-0.05, 0) is 32.3 Å². The maximum absolute atomic E-state index is 12.5. The second kappa shape index (κ2) is 8.81. The van der Waals surface area contributed by atoms with Gasteiger partial charge in [-0.3, -0.25) is 4.79 Å². The zero-order valence-electron chi connectivity index (χ0n) is 18.1. The average molecular weight is 425 g/mol. The highest BCUT2D eigenvalue weighted by Crippen LogP contribution is 2.36. The lowest BCUT2D eigenvalue weighted by atomic mass is 10.1. The van der Waals surface area contributed by atoms with Crippen LogP contribution in [0.4, 0.5) is 11.6 Å². The van der Waals surface area contributed by atoms with Gasteiger partial charge in [-0.25, -0.2) is 9.97 Å². The lowest BCUT2D eigenvalue weighted by Crippen LogP contribution is -2.58. The lowest BCUT2D eigenvalue weighted by molar-refractivity contribution is -0.127. The Morgan fingerprint density at radius 2 is 2.23 bits per heavy atom. The normalized spacial score (nSPS) is 18.0. The van der Waals surface area contributed by atoms with Gasteiger partial charge >= 0.3 is 0 Å². The highest BCUT2D eigenvalue weighted by atomic mass is 16.5. The van der Waals surface area contributed by atoms with Crippen molar-refractivity contribution in [3.8, 4) is 22.8 Å². The van der Waals surface area contributed by atoms with Gasteiger partial charge in [-0.15, -0.1) is 0 Å². The van der Waals surface area contributed by atoms with Crippen LogP contribution in [0, 0.1) is 0 Å². The smallest absolute Gasteiger partial charge is 0.246 e. The third kappa shape index (κ3) is 4.41. The van der Waals surface area contributed by atoms with Crippen molar-refractivity contribution in [1.29, 1.82) is 0 Å². The number of anilines is 2. The van der Waals surface area contributed by atoms with E-state index in [0.717, 1.165) is 23.7 Å². The van der Waals surface area contributed by atoms with E-state index in [-0.39, 0.29) is 11.9 Å². The molecule has 0 aliphatic carbocycles. The van der Waals surface area contributed by atoms with Crippen LogP contribution < -0.4 is 20.1 Å². The molecular formula is C22H28N6O3. The highest BCUT2D eigenvalue weighted by molar-refractivity contribution is 5.88. The van der Waals surface area contributed by atoms with E-state index in [4.69, 9.17) is 15.2 Å². The number of pyridine rings is 2. The first-order chi connectivity index (χ1) is 15.0. The third-order valence-electron chi connectivity index (χ3n) is 5.46. The fourth-order valence-electron chi connectivity index (χ4n) is 3.83. The number of methoxy groups -OCH3 is 1. The Bertz CT molecular complexity index is 993. The molecule has 31 heavy (non-hydrogen) atoms. The number of likely N-dealkylation sites (N-methyl/N-ethyl adjacent to an activating group) is 1. The molecule has 9 nitrogen and oxygen atoms in total. The first-order valence-electron chi connectivity index (χ1n) is 10.3. The molecule has 1 fully saturated rings. The topological polar surface area (TPSA) is 97.0 Å². The van der Waals surface area contributed by atoms with E-state index in [9.17, 15) is 4.79 Å². The van der Waals surface area contributed by atoms with Crippen LogP contribution in [0.5, 0.6) is 11.5 Å². The number of amides is 1. The van der Waals surface area contributed by atoms with Gasteiger partial charge in [0.1, 0.15) is 6.61 Å². The second-order valence-corrected chi connectivity index (χ2v) is 7.94. The first kappa shape index (κ1) is 20.9. The molecule has 2 aliphatic heterocycles. The van der Waals surface area contributed by atoms with E-state index in [1.54, 1.807) is 25.4 Å². The number of aromatic nitrogens is 2. The molecule has 2 aromatic heterocycles. The zero-order chi connectivity index (χ0) is 22.0. The molecule has 2 aliphatic rings. The van der Waals surface area contributed by atoms with Crippen molar-refractivity contribution in [2.75, 3.05) is 64.6 Å². The molecule has 1 amide bonds. The monoisotopic (exact) mass is 424 g/mol. The van der Waals surface area contributed by atoms with E-state index in [2.05, 4.69) is 14.9 Å². The Morgan fingerprint density at radius 1 is 1.39 bits per heavy atom. The Morgan fingerprint density at radius 3 is 2.97 bits per heavy atom. The predicted octanol–water partition coefficient (Wildman–Crippen LogP) is 1.26. The van der Waals surface area contributed by atoms with Crippen LogP contribution in [0.15, 0.2) is 36.5 Å². The van der Waals surface area contributed by atoms with Gasteiger partial charge < -0.3 is 29.9 Å². The molecule has 0 saturated carbocycles. The lowest BCUT2D eigenvalue weighted by Gasteiger charge is -2.44. The van der Waals surface area contributed by atoms with Crippen LogP contribution in [0.1, 0.15) is 0 Å². The van der Waals surface area contributed by atoms with Crippen LogP contribution in [0.3, 0.4) is 0 Å². The number of ether oxygens (including phenoxy) is 2. The van der Waals surface area contributed by atoms with Gasteiger partial charge in [0.15, 0.2) is 23.1 Å². The summed E-state index contributed by atoms with van der Waals surface area (Å²) in [5, 5.41) is 0. The summed E-state index contributed by atoms with van der Waals surface area (Å²) in [5.74, 6) is 2.43. The van der Waals surface area contributed by atoms with Crippen LogP contribution in [0.25, 0.3) is 11.3 Å². The highest BCUT2D eigenvalue weighted by Gasteiger charge is 2.35. The van der Waals surface area contributed by atoms with E-state index >= 15 is 0 Å². The summed E-state index contributed by atoms with van der Waals surface area (Å²) < 4.78 is 11.2. The fraction of sp³-hybridized carbons (Fsp3) is 0.409. The molecule has 0 radical (unpaired) electrons. The SMILES string of the molecule is COc1ccc(-c2cnc3c(c2)OC[C@@H]2CN(C(=O)/C=C/CN(C)C)CCN32)nc1N. The summed E-state index contributed by atoms with van der Waals surface area (Å²) in [7, 11) is 5.51. The van der Waals surface area contributed by atoms with Gasteiger partial charge in [0.05, 0.1) is 18.8 Å². The molecule has 2 aromatic rings. The number of carbonyl (C=O) groups excluding carboxylic acids is 1. The number of nitrogens with zero attached hydrogens (tertiary/aromatic N) is 5. The van der Waals surface area contributed by atoms with Crippen molar-refractivity contribution < 1.29 is 14.3 Å². The van der Waals surface area contributed by atoms with Gasteiger partial charge in [-0.2, -0.15) is 0 Å². The van der Waals surface area contributed by atoms with Crippen molar-refractivity contribution in [2.24, 2.45) is 0 Å². The maximum Gasteiger partial charge on any atom is 0.246 e. The Kier molecular flexibility index (Phi) is 5.94. The average Bonchev–Trinajstić information content (AvgIpc) is 2.77. The molecule has 0 bridgehead atoms. The Labute approximate surface area is 182 Å². The molecular weight excluding hydrogens is 396 g/mol. The van der Waals surface area contributed by atoms with E-state index in [1.807, 2.05) is 42.1 Å². The Hall–Kier alpha value is -3.33. The van der Waals surface area contributed by atoms with Crippen molar-refractivity contribution in [3.05, 3.63) is 36.5 Å². The van der Waals surface area contributed by atoms with Crippen molar-refractivity contribution in [3.63, 3.8) is 0 Å². The molecule has 0 aromatic carbocycles. The minimum absolute atomic E-state index is 0.0405. The van der Waals surface area contributed by atoms with Gasteiger partial charge in [0.25, 0.3) is 0 Å². The zero-order valence-corrected chi connectivity index (χ0v) is 18.1. The first-order valence-corrected chi connectivity index (χ1v) is 10.3. The summed E-state index contributed by atoms with van der Waals surface area (Å²) in [6.07, 6.45) is 5.33. The molecule has 9 heteroatoms. The van der Waals surface area contributed by atoms with Crippen molar-refractivity contribution in [2.45, 2.75) is 6.04 Å². The molecule has 2 N–H and O–H groups in total. The second-order valence-electron chi connectivity index (χ2n) is 7.94. The Balaban J connectivity index is 1.47. The molecule has 0 spiro atoms. The number of hydrogen-bond acceptors (Lipinski definition) is 8. The quantitative estimate of drug-likeness (QED) is 0.717. The van der Waals surface area contributed by atoms with Gasteiger partial charge in [0.2, 0.25) is 5.91 Å². The number of hydrogen-bond donors (Lipinski definition) is 1. The van der Waals surface area contributed by atoms with Crippen molar-refractivity contribution >= 4 is 17.5 Å². The van der Waals surface area contributed by atoms with Gasteiger partial charge in [0, 0.05) is 44.0 Å². The fourth-order valence-corrected chi connectivity index (χ4v) is 3.83. The van der Waals surface area contributed by atoms with Crippen LogP contribution in [-0.2, 0) is 4.79 Å². The molecule has 1 atom stereocenters. The summed E-state index contributed by atoms with van der Waals surface area (Å²) in [5.41, 5.74) is 7.47. The minimum atomic E-state index is 0.0405. The molecule has 0 unspecified atom stereocenters. The number of nitrogen functional groups attached to an aromatic ring is 1. The maximum atomic E-state index is 12.5. The summed E-state index contributed by atoms with van der Waals surface area (Å²) >= 11 is 0. The number of rotatable bonds is 5. The van der Waals surface area contributed by atoms with Gasteiger partial charge in [-0.1, -0.05) is 6.08 Å².